The molecule has 0 spiro atoms. The maximum absolute atomic E-state index is 11.6. The number of ether oxygens (including phenoxy) is 2. The van der Waals surface area contributed by atoms with Gasteiger partial charge in [-0.2, -0.15) is 0 Å². The van der Waals surface area contributed by atoms with E-state index in [-0.39, 0.29) is 28.5 Å². The van der Waals surface area contributed by atoms with Crippen molar-refractivity contribution in [2.24, 2.45) is 0 Å². The normalized spacial score (nSPS) is 10.7. The highest BCUT2D eigenvalue weighted by atomic mass is 16.5. The number of hydrogen-bond donors (Lipinski definition) is 4. The molecule has 4 N–H and O–H groups in total. The van der Waals surface area contributed by atoms with Crippen LogP contribution in [0.5, 0.6) is 23.0 Å². The van der Waals surface area contributed by atoms with E-state index in [9.17, 15) is 39.6 Å². The fourth-order valence-electron chi connectivity index (χ4n) is 4.48. The molecular weight excluding hydrogens is 532 g/mol. The maximum atomic E-state index is 11.6. The van der Waals surface area contributed by atoms with Crippen LogP contribution in [0.15, 0.2) is 84.9 Å². The third kappa shape index (κ3) is 6.17. The van der Waals surface area contributed by atoms with Crippen LogP contribution in [0, 0.1) is 0 Å². The van der Waals surface area contributed by atoms with Gasteiger partial charge in [0.25, 0.3) is 0 Å². The predicted molar refractivity (Wildman–Crippen MR) is 146 cm³/mol. The summed E-state index contributed by atoms with van der Waals surface area (Å²) in [6.45, 7) is 1.95. The monoisotopic (exact) mass is 556 g/mol. The maximum Gasteiger partial charge on any atom is 0.336 e. The molecule has 4 aromatic carbocycles. The van der Waals surface area contributed by atoms with Crippen molar-refractivity contribution in [1.29, 1.82) is 0 Å². The topological polar surface area (TPSA) is 168 Å². The molecule has 0 unspecified atom stereocenters. The first-order valence-electron chi connectivity index (χ1n) is 12.4. The summed E-state index contributed by atoms with van der Waals surface area (Å²) < 4.78 is 12.1. The van der Waals surface area contributed by atoms with Crippen LogP contribution in [0.3, 0.4) is 0 Å². The van der Waals surface area contributed by atoms with Crippen molar-refractivity contribution in [2.75, 3.05) is 0 Å². The van der Waals surface area contributed by atoms with Gasteiger partial charge in [-0.25, -0.2) is 19.2 Å². The van der Waals surface area contributed by atoms with E-state index in [1.54, 1.807) is 24.3 Å². The second-order valence-corrected chi connectivity index (χ2v) is 8.88. The lowest BCUT2D eigenvalue weighted by Crippen LogP contribution is -2.09. The van der Waals surface area contributed by atoms with Gasteiger partial charge in [-0.05, 0) is 55.0 Å². The number of aromatic carboxylic acids is 4. The van der Waals surface area contributed by atoms with Crippen LogP contribution in [0.4, 0.5) is 0 Å². The summed E-state index contributed by atoms with van der Waals surface area (Å²) >= 11 is 0. The van der Waals surface area contributed by atoms with E-state index in [4.69, 9.17) is 9.47 Å². The molecule has 10 nitrogen and oxygen atoms in total. The molecule has 10 heteroatoms. The van der Waals surface area contributed by atoms with Crippen molar-refractivity contribution in [3.8, 4) is 23.0 Å². The summed E-state index contributed by atoms with van der Waals surface area (Å²) in [5.41, 5.74) is -0.0765. The van der Waals surface area contributed by atoms with Crippen LogP contribution in [-0.2, 0) is 0 Å². The standard InChI is InChI=1S/C31H24O10/c1-2-19(20-7-3-5-9-26(20)40-17-11-13-22(28(32)33)24(15-17)30(36)37)21-8-4-6-10-27(21)41-18-12-14-23(29(34)35)25(16-18)31(38)39/h3-16,19H,2H2,1H3,(H,32,33)(H,34,35)(H,36,37)(H,38,39). The van der Waals surface area contributed by atoms with Gasteiger partial charge in [-0.3, -0.25) is 0 Å². The molecule has 0 aliphatic rings. The Morgan fingerprint density at radius 3 is 1.27 bits per heavy atom. The lowest BCUT2D eigenvalue weighted by molar-refractivity contribution is 0.0651. The zero-order valence-corrected chi connectivity index (χ0v) is 21.6. The van der Waals surface area contributed by atoms with E-state index in [1.807, 2.05) is 31.2 Å². The highest BCUT2D eigenvalue weighted by Gasteiger charge is 2.23. The minimum Gasteiger partial charge on any atom is -0.478 e. The Morgan fingerprint density at radius 2 is 0.927 bits per heavy atom. The zero-order chi connectivity index (χ0) is 29.7. The first kappa shape index (κ1) is 28.4. The zero-order valence-electron chi connectivity index (χ0n) is 21.6. The van der Waals surface area contributed by atoms with Gasteiger partial charge < -0.3 is 29.9 Å². The summed E-state index contributed by atoms with van der Waals surface area (Å²) in [4.78, 5) is 46.1. The van der Waals surface area contributed by atoms with Crippen molar-refractivity contribution in [2.45, 2.75) is 19.3 Å². The number of benzene rings is 4. The number of para-hydroxylation sites is 2. The van der Waals surface area contributed by atoms with Gasteiger partial charge in [-0.15, -0.1) is 0 Å². The first-order chi connectivity index (χ1) is 19.6. The summed E-state index contributed by atoms with van der Waals surface area (Å²) in [7, 11) is 0. The molecule has 0 saturated carbocycles. The number of carboxylic acids is 4. The molecule has 0 atom stereocenters. The van der Waals surface area contributed by atoms with Gasteiger partial charge in [-0.1, -0.05) is 43.3 Å². The van der Waals surface area contributed by atoms with E-state index >= 15 is 0 Å². The van der Waals surface area contributed by atoms with Crippen molar-refractivity contribution >= 4 is 23.9 Å². The van der Waals surface area contributed by atoms with Gasteiger partial charge in [0.15, 0.2) is 0 Å². The Morgan fingerprint density at radius 1 is 0.561 bits per heavy atom. The van der Waals surface area contributed by atoms with Crippen LogP contribution in [-0.4, -0.2) is 44.3 Å². The minimum absolute atomic E-state index is 0.138. The third-order valence-corrected chi connectivity index (χ3v) is 6.36. The lowest BCUT2D eigenvalue weighted by atomic mass is 9.88. The molecular formula is C31H24O10. The quantitative estimate of drug-likeness (QED) is 0.158. The highest BCUT2D eigenvalue weighted by molar-refractivity contribution is 6.02. The first-order valence-corrected chi connectivity index (χ1v) is 12.4. The Hall–Kier alpha value is -5.64. The van der Waals surface area contributed by atoms with E-state index in [1.165, 1.54) is 24.3 Å². The van der Waals surface area contributed by atoms with Crippen LogP contribution >= 0.6 is 0 Å². The Kier molecular flexibility index (Phi) is 8.33. The Labute approximate surface area is 233 Å². The summed E-state index contributed by atoms with van der Waals surface area (Å²) in [5.74, 6) is -4.74. The second-order valence-electron chi connectivity index (χ2n) is 8.88. The molecule has 4 aromatic rings. The van der Waals surface area contributed by atoms with Gasteiger partial charge in [0.2, 0.25) is 0 Å². The van der Waals surface area contributed by atoms with Gasteiger partial charge in [0, 0.05) is 17.0 Å². The molecule has 0 saturated heterocycles. The Balaban J connectivity index is 1.72. The van der Waals surface area contributed by atoms with Crippen LogP contribution in [0.25, 0.3) is 0 Å². The van der Waals surface area contributed by atoms with Gasteiger partial charge in [0.1, 0.15) is 23.0 Å². The largest absolute Gasteiger partial charge is 0.478 e. The van der Waals surface area contributed by atoms with E-state index in [0.29, 0.717) is 17.9 Å². The molecule has 4 rings (SSSR count). The van der Waals surface area contributed by atoms with Crippen molar-refractivity contribution in [3.63, 3.8) is 0 Å². The predicted octanol–water partition coefficient (Wildman–Crippen LogP) is 6.61. The highest BCUT2D eigenvalue weighted by Crippen LogP contribution is 2.41. The molecule has 0 fully saturated rings. The number of rotatable bonds is 11. The summed E-state index contributed by atoms with van der Waals surface area (Å²) in [6.07, 6.45) is 0.581. The summed E-state index contributed by atoms with van der Waals surface area (Å²) in [5, 5.41) is 37.6. The third-order valence-electron chi connectivity index (χ3n) is 6.36. The smallest absolute Gasteiger partial charge is 0.336 e. The van der Waals surface area contributed by atoms with E-state index in [0.717, 1.165) is 23.3 Å². The molecule has 0 heterocycles. The van der Waals surface area contributed by atoms with Crippen LogP contribution in [0.2, 0.25) is 0 Å². The van der Waals surface area contributed by atoms with Gasteiger partial charge >= 0.3 is 23.9 Å². The molecule has 0 aliphatic carbocycles. The fraction of sp³-hybridized carbons (Fsp3) is 0.0968. The number of carbonyl (C=O) groups is 4. The van der Waals surface area contributed by atoms with Gasteiger partial charge in [0.05, 0.1) is 22.3 Å². The summed E-state index contributed by atoms with van der Waals surface area (Å²) in [6, 6.07) is 21.6. The van der Waals surface area contributed by atoms with Crippen LogP contribution in [0.1, 0.15) is 71.8 Å². The molecule has 208 valence electrons. The fourth-order valence-corrected chi connectivity index (χ4v) is 4.48. The molecule has 0 aliphatic heterocycles. The minimum atomic E-state index is -1.40. The molecule has 0 aromatic heterocycles. The molecule has 0 radical (unpaired) electrons. The number of hydrogen-bond acceptors (Lipinski definition) is 6. The number of carboxylic acid groups (broad SMARTS) is 4. The van der Waals surface area contributed by atoms with E-state index < -0.39 is 35.0 Å². The van der Waals surface area contributed by atoms with Crippen LogP contribution < -0.4 is 9.47 Å². The van der Waals surface area contributed by atoms with Crippen molar-refractivity contribution in [3.05, 3.63) is 118 Å². The molecule has 0 bridgehead atoms. The SMILES string of the molecule is CCC(c1ccccc1Oc1ccc(C(=O)O)c(C(=O)O)c1)c1ccccc1Oc1ccc(C(=O)O)c(C(=O)O)c1. The second kappa shape index (κ2) is 12.0. The average Bonchev–Trinajstić information content (AvgIpc) is 2.94. The molecule has 0 amide bonds. The van der Waals surface area contributed by atoms with Crippen molar-refractivity contribution < 1.29 is 49.1 Å². The molecule has 41 heavy (non-hydrogen) atoms. The average molecular weight is 557 g/mol. The van der Waals surface area contributed by atoms with E-state index in [2.05, 4.69) is 0 Å². The lowest BCUT2D eigenvalue weighted by Gasteiger charge is -2.22. The Bertz CT molecular complexity index is 1540. The van der Waals surface area contributed by atoms with Crippen molar-refractivity contribution in [1.82, 2.24) is 0 Å².